The van der Waals surface area contributed by atoms with E-state index in [0.717, 1.165) is 18.7 Å². The van der Waals surface area contributed by atoms with E-state index in [0.29, 0.717) is 11.5 Å². The zero-order chi connectivity index (χ0) is 15.1. The first-order valence-corrected chi connectivity index (χ1v) is 7.31. The summed E-state index contributed by atoms with van der Waals surface area (Å²) in [5, 5.41) is 6.02. The van der Waals surface area contributed by atoms with Crippen LogP contribution in [0.5, 0.6) is 0 Å². The summed E-state index contributed by atoms with van der Waals surface area (Å²) in [4.78, 5) is 11.5. The molecule has 0 bridgehead atoms. The van der Waals surface area contributed by atoms with Gasteiger partial charge in [0.2, 0.25) is 0 Å². The highest BCUT2D eigenvalue weighted by Crippen LogP contribution is 2.18. The lowest BCUT2D eigenvalue weighted by molar-refractivity contribution is 0.0963. The maximum atomic E-state index is 11.5. The molecule has 0 radical (unpaired) electrons. The third-order valence-electron chi connectivity index (χ3n) is 3.65. The van der Waals surface area contributed by atoms with Gasteiger partial charge in [-0.3, -0.25) is 4.79 Å². The van der Waals surface area contributed by atoms with Crippen LogP contribution in [-0.4, -0.2) is 19.5 Å². The summed E-state index contributed by atoms with van der Waals surface area (Å²) in [6.07, 6.45) is 1.07. The highest BCUT2D eigenvalue weighted by molar-refractivity contribution is 5.94. The molecule has 3 nitrogen and oxygen atoms in total. The molecule has 1 unspecified atom stereocenters. The summed E-state index contributed by atoms with van der Waals surface area (Å²) in [5.74, 6) is 0.475. The minimum absolute atomic E-state index is 0.0563. The van der Waals surface area contributed by atoms with E-state index in [1.165, 1.54) is 5.56 Å². The molecule has 0 aliphatic rings. The minimum atomic E-state index is -0.0563. The Morgan fingerprint density at radius 2 is 1.71 bits per heavy atom. The van der Waals surface area contributed by atoms with Crippen LogP contribution in [0, 0.1) is 0 Å². The molecule has 2 N–H and O–H groups in total. The van der Waals surface area contributed by atoms with Crippen molar-refractivity contribution in [2.75, 3.05) is 18.9 Å². The van der Waals surface area contributed by atoms with E-state index in [1.807, 2.05) is 30.3 Å². The van der Waals surface area contributed by atoms with Gasteiger partial charge >= 0.3 is 0 Å². The Morgan fingerprint density at radius 1 is 1.05 bits per heavy atom. The zero-order valence-electron chi connectivity index (χ0n) is 12.6. The lowest BCUT2D eigenvalue weighted by Crippen LogP contribution is -2.17. The molecule has 2 rings (SSSR count). The van der Waals surface area contributed by atoms with Crippen LogP contribution < -0.4 is 10.6 Å². The number of carbonyl (C=O) groups excluding carboxylic acids is 1. The van der Waals surface area contributed by atoms with Crippen LogP contribution in [0.2, 0.25) is 0 Å². The predicted molar refractivity (Wildman–Crippen MR) is 87.8 cm³/mol. The molecule has 0 saturated carbocycles. The average Bonchev–Trinajstić information content (AvgIpc) is 2.55. The summed E-state index contributed by atoms with van der Waals surface area (Å²) >= 11 is 0. The fraction of sp³-hybridized carbons (Fsp3) is 0.278. The molecule has 0 aliphatic heterocycles. The highest BCUT2D eigenvalue weighted by Gasteiger charge is 2.05. The Kier molecular flexibility index (Phi) is 5.38. The molecule has 3 heteroatoms. The first-order valence-electron chi connectivity index (χ1n) is 7.31. The first-order chi connectivity index (χ1) is 10.2. The Bertz CT molecular complexity index is 564. The summed E-state index contributed by atoms with van der Waals surface area (Å²) in [5.41, 5.74) is 3.10. The molecular formula is C18H22N2O. The second-order valence-corrected chi connectivity index (χ2v) is 5.18. The number of nitrogens with one attached hydrogen (secondary N) is 2. The fourth-order valence-electron chi connectivity index (χ4n) is 2.27. The molecule has 21 heavy (non-hydrogen) atoms. The van der Waals surface area contributed by atoms with Gasteiger partial charge in [-0.05, 0) is 42.2 Å². The van der Waals surface area contributed by atoms with Gasteiger partial charge in [0.1, 0.15) is 0 Å². The Morgan fingerprint density at radius 3 is 2.33 bits per heavy atom. The van der Waals surface area contributed by atoms with Gasteiger partial charge in [0.15, 0.2) is 0 Å². The van der Waals surface area contributed by atoms with E-state index in [4.69, 9.17) is 0 Å². The van der Waals surface area contributed by atoms with E-state index in [9.17, 15) is 4.79 Å². The number of amides is 1. The predicted octanol–water partition coefficient (Wildman–Crippen LogP) is 3.65. The molecule has 0 heterocycles. The minimum Gasteiger partial charge on any atom is -0.385 e. The lowest BCUT2D eigenvalue weighted by Gasteiger charge is -2.13. The Balaban J connectivity index is 1.82. The van der Waals surface area contributed by atoms with Gasteiger partial charge in [0, 0.05) is 24.8 Å². The van der Waals surface area contributed by atoms with Crippen LogP contribution in [0.1, 0.15) is 35.2 Å². The summed E-state index contributed by atoms with van der Waals surface area (Å²) in [6.45, 7) is 3.15. The van der Waals surface area contributed by atoms with E-state index in [2.05, 4.69) is 41.8 Å². The molecule has 0 aliphatic carbocycles. The lowest BCUT2D eigenvalue weighted by atomic mass is 9.98. The van der Waals surface area contributed by atoms with E-state index in [-0.39, 0.29) is 5.91 Å². The molecule has 0 aromatic heterocycles. The highest BCUT2D eigenvalue weighted by atomic mass is 16.1. The van der Waals surface area contributed by atoms with Crippen molar-refractivity contribution in [1.29, 1.82) is 0 Å². The molecular weight excluding hydrogens is 260 g/mol. The zero-order valence-corrected chi connectivity index (χ0v) is 12.6. The average molecular weight is 282 g/mol. The monoisotopic (exact) mass is 282 g/mol. The van der Waals surface area contributed by atoms with Crippen molar-refractivity contribution in [3.8, 4) is 0 Å². The van der Waals surface area contributed by atoms with Crippen molar-refractivity contribution in [3.05, 3.63) is 65.7 Å². The van der Waals surface area contributed by atoms with Crippen LogP contribution in [-0.2, 0) is 0 Å². The maximum Gasteiger partial charge on any atom is 0.251 e. The number of carbonyl (C=O) groups is 1. The van der Waals surface area contributed by atoms with Crippen molar-refractivity contribution >= 4 is 11.6 Å². The number of rotatable bonds is 6. The first kappa shape index (κ1) is 15.1. The molecule has 0 fully saturated rings. The van der Waals surface area contributed by atoms with Crippen LogP contribution in [0.25, 0.3) is 0 Å². The third kappa shape index (κ3) is 4.35. The summed E-state index contributed by atoms with van der Waals surface area (Å²) in [7, 11) is 1.64. The van der Waals surface area contributed by atoms with Crippen molar-refractivity contribution in [3.63, 3.8) is 0 Å². The summed E-state index contributed by atoms with van der Waals surface area (Å²) < 4.78 is 0. The Labute approximate surface area is 126 Å². The molecule has 0 spiro atoms. The van der Waals surface area contributed by atoms with Gasteiger partial charge in [0.25, 0.3) is 5.91 Å². The van der Waals surface area contributed by atoms with Crippen LogP contribution in [0.3, 0.4) is 0 Å². The van der Waals surface area contributed by atoms with Crippen molar-refractivity contribution in [1.82, 2.24) is 5.32 Å². The molecule has 1 amide bonds. The number of hydrogen-bond acceptors (Lipinski definition) is 2. The van der Waals surface area contributed by atoms with Crippen LogP contribution >= 0.6 is 0 Å². The van der Waals surface area contributed by atoms with Crippen molar-refractivity contribution in [2.45, 2.75) is 19.3 Å². The van der Waals surface area contributed by atoms with Crippen LogP contribution in [0.15, 0.2) is 54.6 Å². The van der Waals surface area contributed by atoms with Gasteiger partial charge in [-0.2, -0.15) is 0 Å². The van der Waals surface area contributed by atoms with E-state index in [1.54, 1.807) is 7.05 Å². The molecule has 2 aromatic carbocycles. The van der Waals surface area contributed by atoms with Crippen molar-refractivity contribution in [2.24, 2.45) is 0 Å². The topological polar surface area (TPSA) is 41.1 Å². The van der Waals surface area contributed by atoms with Gasteiger partial charge < -0.3 is 10.6 Å². The van der Waals surface area contributed by atoms with Gasteiger partial charge in [-0.15, -0.1) is 0 Å². The van der Waals surface area contributed by atoms with Gasteiger partial charge in [-0.1, -0.05) is 37.3 Å². The fourth-order valence-corrected chi connectivity index (χ4v) is 2.27. The van der Waals surface area contributed by atoms with Gasteiger partial charge in [-0.25, -0.2) is 0 Å². The normalized spacial score (nSPS) is 11.7. The SMILES string of the molecule is CNC(=O)c1ccc(NCCC(C)c2ccccc2)cc1. The standard InChI is InChI=1S/C18H22N2O/c1-14(15-6-4-3-5-7-15)12-13-20-17-10-8-16(9-11-17)18(21)19-2/h3-11,14,20H,12-13H2,1-2H3,(H,19,21). The van der Waals surface area contributed by atoms with E-state index < -0.39 is 0 Å². The quantitative estimate of drug-likeness (QED) is 0.849. The second kappa shape index (κ2) is 7.48. The maximum absolute atomic E-state index is 11.5. The largest absolute Gasteiger partial charge is 0.385 e. The van der Waals surface area contributed by atoms with E-state index >= 15 is 0 Å². The second-order valence-electron chi connectivity index (χ2n) is 5.18. The molecule has 0 saturated heterocycles. The van der Waals surface area contributed by atoms with Gasteiger partial charge in [0.05, 0.1) is 0 Å². The number of anilines is 1. The number of benzene rings is 2. The number of hydrogen-bond donors (Lipinski definition) is 2. The summed E-state index contributed by atoms with van der Waals surface area (Å²) in [6, 6.07) is 18.1. The molecule has 110 valence electrons. The smallest absolute Gasteiger partial charge is 0.251 e. The van der Waals surface area contributed by atoms with Crippen LogP contribution in [0.4, 0.5) is 5.69 Å². The third-order valence-corrected chi connectivity index (χ3v) is 3.65. The molecule has 2 aromatic rings. The molecule has 1 atom stereocenters. The van der Waals surface area contributed by atoms with Crippen molar-refractivity contribution < 1.29 is 4.79 Å². The Hall–Kier alpha value is -2.29.